The topological polar surface area (TPSA) is 80.2 Å². The number of benzene rings is 1. The lowest BCUT2D eigenvalue weighted by atomic mass is 10.4. The minimum atomic E-state index is -0.365. The predicted octanol–water partition coefficient (Wildman–Crippen LogP) is 1.83. The Morgan fingerprint density at radius 1 is 1.04 bits per heavy atom. The number of rotatable bonds is 6. The maximum absolute atomic E-state index is 11.7. The number of aryl methyl sites for hydroxylation is 1. The van der Waals surface area contributed by atoms with Crippen LogP contribution in [0.5, 0.6) is 0 Å². The summed E-state index contributed by atoms with van der Waals surface area (Å²) in [5, 5.41) is 0.633. The van der Waals surface area contributed by atoms with E-state index in [4.69, 9.17) is 11.6 Å². The second kappa shape index (κ2) is 9.14. The quantitative estimate of drug-likeness (QED) is 0.604. The summed E-state index contributed by atoms with van der Waals surface area (Å²) in [5.41, 5.74) is 4.50. The lowest BCUT2D eigenvalue weighted by molar-refractivity contribution is -0.127. The van der Waals surface area contributed by atoms with Gasteiger partial charge in [-0.05, 0) is 30.3 Å². The van der Waals surface area contributed by atoms with Crippen molar-refractivity contribution in [3.63, 3.8) is 0 Å². The van der Waals surface area contributed by atoms with E-state index in [1.165, 1.54) is 22.4 Å². The molecule has 0 atom stereocenters. The van der Waals surface area contributed by atoms with Crippen LogP contribution >= 0.6 is 23.4 Å². The zero-order chi connectivity index (χ0) is 17.4. The number of hydrogen-bond donors (Lipinski definition) is 2. The van der Waals surface area contributed by atoms with Crippen LogP contribution in [-0.4, -0.2) is 22.1 Å². The summed E-state index contributed by atoms with van der Waals surface area (Å²) >= 11 is 7.12. The number of nitrogens with one attached hydrogen (secondary N) is 2. The Balaban J connectivity index is 1.67. The van der Waals surface area contributed by atoms with Gasteiger partial charge in [0.05, 0.1) is 5.75 Å². The molecule has 2 aromatic rings. The molecule has 2 amide bonds. The van der Waals surface area contributed by atoms with Crippen molar-refractivity contribution >= 4 is 35.2 Å². The molecular formula is C16H16ClN3O3S. The fourth-order valence-electron chi connectivity index (χ4n) is 1.79. The summed E-state index contributed by atoms with van der Waals surface area (Å²) in [6, 6.07) is 11.9. The van der Waals surface area contributed by atoms with Gasteiger partial charge >= 0.3 is 0 Å². The van der Waals surface area contributed by atoms with Crippen molar-refractivity contribution in [1.82, 2.24) is 15.4 Å². The van der Waals surface area contributed by atoms with E-state index < -0.39 is 0 Å². The van der Waals surface area contributed by atoms with Crippen LogP contribution < -0.4 is 16.4 Å². The summed E-state index contributed by atoms with van der Waals surface area (Å²) in [6.45, 7) is 0.251. The molecule has 8 heteroatoms. The van der Waals surface area contributed by atoms with Crippen LogP contribution in [0.2, 0.25) is 5.02 Å². The van der Waals surface area contributed by atoms with Crippen molar-refractivity contribution in [2.24, 2.45) is 0 Å². The standard InChI is InChI=1S/C16H16ClN3O3S/c17-12-4-6-13(7-5-12)24-11-15(22)19-18-14(21)8-10-20-9-2-1-3-16(20)23/h1-7,9H,8,10-11H2,(H,18,21)(H,19,22). The van der Waals surface area contributed by atoms with E-state index in [9.17, 15) is 14.4 Å². The molecule has 0 aliphatic heterocycles. The fourth-order valence-corrected chi connectivity index (χ4v) is 2.61. The molecule has 1 heterocycles. The van der Waals surface area contributed by atoms with Gasteiger partial charge in [-0.1, -0.05) is 17.7 Å². The Bertz CT molecular complexity index is 762. The van der Waals surface area contributed by atoms with Gasteiger partial charge < -0.3 is 4.57 Å². The largest absolute Gasteiger partial charge is 0.315 e. The summed E-state index contributed by atoms with van der Waals surface area (Å²) in [4.78, 5) is 35.8. The van der Waals surface area contributed by atoms with Gasteiger partial charge in [-0.2, -0.15) is 0 Å². The van der Waals surface area contributed by atoms with Gasteiger partial charge in [-0.15, -0.1) is 11.8 Å². The Kier molecular flexibility index (Phi) is 6.89. The molecule has 0 aliphatic carbocycles. The molecule has 0 fully saturated rings. The molecule has 1 aromatic carbocycles. The molecule has 0 saturated heterocycles. The van der Waals surface area contributed by atoms with Crippen molar-refractivity contribution in [3.8, 4) is 0 Å². The van der Waals surface area contributed by atoms with Gasteiger partial charge in [-0.3, -0.25) is 25.2 Å². The lowest BCUT2D eigenvalue weighted by Gasteiger charge is -2.08. The summed E-state index contributed by atoms with van der Waals surface area (Å²) in [7, 11) is 0. The molecule has 2 N–H and O–H groups in total. The third-order valence-corrected chi connectivity index (χ3v) is 4.27. The monoisotopic (exact) mass is 365 g/mol. The number of carbonyl (C=O) groups excluding carboxylic acids is 2. The molecule has 0 aliphatic rings. The zero-order valence-electron chi connectivity index (χ0n) is 12.7. The second-order valence-corrected chi connectivity index (χ2v) is 6.31. The number of hydrogen-bond acceptors (Lipinski definition) is 4. The number of aromatic nitrogens is 1. The van der Waals surface area contributed by atoms with Crippen LogP contribution in [0.1, 0.15) is 6.42 Å². The lowest BCUT2D eigenvalue weighted by Crippen LogP contribution is -2.43. The van der Waals surface area contributed by atoms with E-state index in [-0.39, 0.29) is 36.1 Å². The third kappa shape index (κ3) is 6.10. The predicted molar refractivity (Wildman–Crippen MR) is 93.8 cm³/mol. The fraction of sp³-hybridized carbons (Fsp3) is 0.188. The highest BCUT2D eigenvalue weighted by molar-refractivity contribution is 8.00. The van der Waals surface area contributed by atoms with Crippen molar-refractivity contribution in [2.45, 2.75) is 17.9 Å². The first kappa shape index (κ1) is 18.1. The molecule has 0 spiro atoms. The Morgan fingerprint density at radius 2 is 1.75 bits per heavy atom. The molecule has 24 heavy (non-hydrogen) atoms. The second-order valence-electron chi connectivity index (χ2n) is 4.82. The molecule has 126 valence electrons. The molecule has 0 saturated carbocycles. The smallest absolute Gasteiger partial charge is 0.250 e. The molecule has 2 rings (SSSR count). The van der Waals surface area contributed by atoms with Crippen LogP contribution in [0.15, 0.2) is 58.4 Å². The number of nitrogens with zero attached hydrogens (tertiary/aromatic N) is 1. The highest BCUT2D eigenvalue weighted by atomic mass is 35.5. The number of hydrazine groups is 1. The Labute approximate surface area is 148 Å². The molecule has 0 radical (unpaired) electrons. The van der Waals surface area contributed by atoms with Gasteiger partial charge in [0.15, 0.2) is 0 Å². The van der Waals surface area contributed by atoms with Gasteiger partial charge in [0.25, 0.3) is 5.56 Å². The number of carbonyl (C=O) groups is 2. The van der Waals surface area contributed by atoms with Crippen molar-refractivity contribution in [3.05, 3.63) is 64.0 Å². The summed E-state index contributed by atoms with van der Waals surface area (Å²) in [5.74, 6) is -0.518. The summed E-state index contributed by atoms with van der Waals surface area (Å²) < 4.78 is 1.43. The van der Waals surface area contributed by atoms with Gasteiger partial charge in [0.2, 0.25) is 11.8 Å². The minimum Gasteiger partial charge on any atom is -0.315 e. The molecule has 1 aromatic heterocycles. The number of amides is 2. The highest BCUT2D eigenvalue weighted by Crippen LogP contribution is 2.19. The first-order valence-corrected chi connectivity index (χ1v) is 8.52. The SMILES string of the molecule is O=C(CCn1ccccc1=O)NNC(=O)CSc1ccc(Cl)cc1. The average Bonchev–Trinajstić information content (AvgIpc) is 2.58. The maximum Gasteiger partial charge on any atom is 0.250 e. The Morgan fingerprint density at radius 3 is 2.46 bits per heavy atom. The van der Waals surface area contributed by atoms with E-state index in [0.717, 1.165) is 4.90 Å². The zero-order valence-corrected chi connectivity index (χ0v) is 14.3. The minimum absolute atomic E-state index is 0.0918. The van der Waals surface area contributed by atoms with Crippen molar-refractivity contribution < 1.29 is 9.59 Å². The molecule has 0 bridgehead atoms. The average molecular weight is 366 g/mol. The first-order chi connectivity index (χ1) is 11.5. The van der Waals surface area contributed by atoms with Crippen LogP contribution in [0.3, 0.4) is 0 Å². The van der Waals surface area contributed by atoms with Crippen molar-refractivity contribution in [1.29, 1.82) is 0 Å². The van der Waals surface area contributed by atoms with Crippen LogP contribution in [0, 0.1) is 0 Å². The van der Waals surface area contributed by atoms with E-state index in [1.807, 2.05) is 12.1 Å². The van der Waals surface area contributed by atoms with E-state index in [0.29, 0.717) is 5.02 Å². The van der Waals surface area contributed by atoms with Crippen LogP contribution in [0.25, 0.3) is 0 Å². The van der Waals surface area contributed by atoms with Gasteiger partial charge in [0, 0.05) is 35.1 Å². The molecule has 0 unspecified atom stereocenters. The Hall–Kier alpha value is -2.25. The normalized spacial score (nSPS) is 10.2. The molecular weight excluding hydrogens is 350 g/mol. The van der Waals surface area contributed by atoms with E-state index in [1.54, 1.807) is 30.5 Å². The number of pyridine rings is 1. The van der Waals surface area contributed by atoms with E-state index in [2.05, 4.69) is 10.9 Å². The number of halogens is 1. The van der Waals surface area contributed by atoms with Crippen LogP contribution in [-0.2, 0) is 16.1 Å². The number of thioether (sulfide) groups is 1. The highest BCUT2D eigenvalue weighted by Gasteiger charge is 2.06. The van der Waals surface area contributed by atoms with Gasteiger partial charge in [-0.25, -0.2) is 0 Å². The van der Waals surface area contributed by atoms with Gasteiger partial charge in [0.1, 0.15) is 0 Å². The first-order valence-electron chi connectivity index (χ1n) is 7.16. The third-order valence-electron chi connectivity index (χ3n) is 3.00. The van der Waals surface area contributed by atoms with Crippen molar-refractivity contribution in [2.75, 3.05) is 5.75 Å². The summed E-state index contributed by atoms with van der Waals surface area (Å²) in [6.07, 6.45) is 1.70. The van der Waals surface area contributed by atoms with Crippen LogP contribution in [0.4, 0.5) is 0 Å². The maximum atomic E-state index is 11.7. The van der Waals surface area contributed by atoms with E-state index >= 15 is 0 Å². The molecule has 6 nitrogen and oxygen atoms in total.